The Balaban J connectivity index is 1.57. The van der Waals surface area contributed by atoms with Gasteiger partial charge in [0, 0.05) is 12.6 Å². The highest BCUT2D eigenvalue weighted by molar-refractivity contribution is 8.00. The third-order valence-electron chi connectivity index (χ3n) is 4.02. The topological polar surface area (TPSA) is 115 Å². The van der Waals surface area contributed by atoms with Crippen molar-refractivity contribution in [1.29, 1.82) is 0 Å². The van der Waals surface area contributed by atoms with Crippen molar-refractivity contribution in [2.75, 3.05) is 5.32 Å². The van der Waals surface area contributed by atoms with Gasteiger partial charge >= 0.3 is 0 Å². The lowest BCUT2D eigenvalue weighted by molar-refractivity contribution is -0.115. The van der Waals surface area contributed by atoms with Crippen LogP contribution in [0.3, 0.4) is 0 Å². The normalized spacial score (nSPS) is 11.9. The molecule has 29 heavy (non-hydrogen) atoms. The van der Waals surface area contributed by atoms with Gasteiger partial charge in [0.1, 0.15) is 5.01 Å². The fourth-order valence-electron chi connectivity index (χ4n) is 2.42. The lowest BCUT2D eigenvalue weighted by Gasteiger charge is -2.10. The molecule has 0 bridgehead atoms. The maximum Gasteiger partial charge on any atom is 0.251 e. The summed E-state index contributed by atoms with van der Waals surface area (Å²) in [6.07, 6.45) is 0. The van der Waals surface area contributed by atoms with Gasteiger partial charge in [0.2, 0.25) is 11.0 Å². The van der Waals surface area contributed by atoms with Crippen molar-refractivity contribution in [3.05, 3.63) is 46.2 Å². The second-order valence-corrected chi connectivity index (χ2v) is 8.88. The Bertz CT molecular complexity index is 1030. The maximum absolute atomic E-state index is 12.3. The quantitative estimate of drug-likeness (QED) is 0.552. The second kappa shape index (κ2) is 9.14. The van der Waals surface area contributed by atoms with Crippen LogP contribution in [-0.2, 0) is 18.4 Å². The van der Waals surface area contributed by atoms with Crippen LogP contribution in [0, 0.1) is 13.8 Å². The molecule has 2 N–H and O–H groups in total. The van der Waals surface area contributed by atoms with Crippen LogP contribution < -0.4 is 10.6 Å². The van der Waals surface area contributed by atoms with Gasteiger partial charge in [-0.05, 0) is 32.9 Å². The minimum atomic E-state index is -0.406. The van der Waals surface area contributed by atoms with Crippen molar-refractivity contribution in [1.82, 2.24) is 30.3 Å². The number of carbonyl (C=O) groups is 2. The van der Waals surface area contributed by atoms with Crippen molar-refractivity contribution >= 4 is 40.0 Å². The fourth-order valence-corrected chi connectivity index (χ4v) is 3.84. The molecular formula is C18H21N7O2S2. The van der Waals surface area contributed by atoms with Crippen LogP contribution in [0.1, 0.15) is 33.7 Å². The fraction of sp³-hybridized carbons (Fsp3) is 0.333. The van der Waals surface area contributed by atoms with E-state index in [1.807, 2.05) is 32.0 Å². The van der Waals surface area contributed by atoms with Gasteiger partial charge < -0.3 is 9.88 Å². The first-order valence-electron chi connectivity index (χ1n) is 8.84. The van der Waals surface area contributed by atoms with Crippen molar-refractivity contribution in [3.8, 4) is 0 Å². The SMILES string of the molecule is Cc1cccc(C(=O)NCc2nnc(S[C@H](C)C(=O)Nc3nnc(C)s3)n2C)c1. The molecule has 0 spiro atoms. The summed E-state index contributed by atoms with van der Waals surface area (Å²) in [5.41, 5.74) is 1.62. The predicted octanol–water partition coefficient (Wildman–Crippen LogP) is 2.33. The highest BCUT2D eigenvalue weighted by Gasteiger charge is 2.20. The third kappa shape index (κ3) is 5.39. The van der Waals surface area contributed by atoms with Crippen LogP contribution in [0.2, 0.25) is 0 Å². The molecular weight excluding hydrogens is 410 g/mol. The molecule has 0 aliphatic carbocycles. The van der Waals surface area contributed by atoms with E-state index >= 15 is 0 Å². The molecule has 3 rings (SSSR count). The van der Waals surface area contributed by atoms with E-state index in [-0.39, 0.29) is 18.4 Å². The van der Waals surface area contributed by atoms with Crippen molar-refractivity contribution < 1.29 is 9.59 Å². The average molecular weight is 432 g/mol. The van der Waals surface area contributed by atoms with Gasteiger partial charge in [-0.25, -0.2) is 0 Å². The number of hydrogen-bond donors (Lipinski definition) is 2. The Morgan fingerprint density at radius 3 is 2.69 bits per heavy atom. The number of aromatic nitrogens is 5. The van der Waals surface area contributed by atoms with Crippen LogP contribution in [0.15, 0.2) is 29.4 Å². The highest BCUT2D eigenvalue weighted by Crippen LogP contribution is 2.23. The monoisotopic (exact) mass is 431 g/mol. The number of rotatable bonds is 7. The van der Waals surface area contributed by atoms with Gasteiger partial charge in [-0.2, -0.15) is 0 Å². The zero-order chi connectivity index (χ0) is 21.0. The zero-order valence-corrected chi connectivity index (χ0v) is 18.1. The standard InChI is InChI=1S/C18H21N7O2S2/c1-10-6-5-7-13(8-10)16(27)19-9-14-22-24-18(25(14)4)28-11(2)15(26)20-17-23-21-12(3)29-17/h5-8,11H,9H2,1-4H3,(H,19,27)(H,20,23,26)/t11-/m1/s1. The summed E-state index contributed by atoms with van der Waals surface area (Å²) < 4.78 is 1.76. The molecule has 2 heterocycles. The van der Waals surface area contributed by atoms with E-state index < -0.39 is 5.25 Å². The van der Waals surface area contributed by atoms with Gasteiger partial charge in [-0.3, -0.25) is 14.9 Å². The van der Waals surface area contributed by atoms with E-state index in [1.54, 1.807) is 24.6 Å². The first-order valence-corrected chi connectivity index (χ1v) is 10.5. The van der Waals surface area contributed by atoms with E-state index in [0.29, 0.717) is 21.7 Å². The van der Waals surface area contributed by atoms with E-state index in [0.717, 1.165) is 10.6 Å². The van der Waals surface area contributed by atoms with Gasteiger partial charge in [0.05, 0.1) is 11.8 Å². The molecule has 0 fully saturated rings. The van der Waals surface area contributed by atoms with Crippen molar-refractivity contribution in [2.45, 2.75) is 37.7 Å². The average Bonchev–Trinajstić information content (AvgIpc) is 3.25. The predicted molar refractivity (Wildman–Crippen MR) is 112 cm³/mol. The summed E-state index contributed by atoms with van der Waals surface area (Å²) in [5, 5.41) is 23.0. The number of aryl methyl sites for hydroxylation is 2. The smallest absolute Gasteiger partial charge is 0.251 e. The lowest BCUT2D eigenvalue weighted by atomic mass is 10.1. The molecule has 11 heteroatoms. The molecule has 2 amide bonds. The lowest BCUT2D eigenvalue weighted by Crippen LogP contribution is -2.25. The van der Waals surface area contributed by atoms with Gasteiger partial charge in [-0.1, -0.05) is 40.8 Å². The Morgan fingerprint density at radius 1 is 1.21 bits per heavy atom. The van der Waals surface area contributed by atoms with Crippen LogP contribution in [0.5, 0.6) is 0 Å². The van der Waals surface area contributed by atoms with Crippen LogP contribution in [-0.4, -0.2) is 42.0 Å². The number of nitrogens with zero attached hydrogens (tertiary/aromatic N) is 5. The zero-order valence-electron chi connectivity index (χ0n) is 16.5. The first-order chi connectivity index (χ1) is 13.8. The van der Waals surface area contributed by atoms with Crippen molar-refractivity contribution in [2.24, 2.45) is 7.05 Å². The number of benzene rings is 1. The minimum Gasteiger partial charge on any atom is -0.345 e. The third-order valence-corrected chi connectivity index (χ3v) is 5.91. The molecule has 0 unspecified atom stereocenters. The van der Waals surface area contributed by atoms with E-state index in [2.05, 4.69) is 31.0 Å². The summed E-state index contributed by atoms with van der Waals surface area (Å²) in [4.78, 5) is 24.6. The molecule has 0 radical (unpaired) electrons. The number of anilines is 1. The number of carbonyl (C=O) groups excluding carboxylic acids is 2. The highest BCUT2D eigenvalue weighted by atomic mass is 32.2. The van der Waals surface area contributed by atoms with Gasteiger partial charge in [0.25, 0.3) is 5.91 Å². The summed E-state index contributed by atoms with van der Waals surface area (Å²) in [5.74, 6) is 0.232. The molecule has 1 aromatic carbocycles. The molecule has 1 atom stereocenters. The molecule has 0 saturated carbocycles. The molecule has 9 nitrogen and oxygen atoms in total. The van der Waals surface area contributed by atoms with Gasteiger partial charge in [-0.15, -0.1) is 20.4 Å². The van der Waals surface area contributed by atoms with Gasteiger partial charge in [0.15, 0.2) is 11.0 Å². The Labute approximate surface area is 176 Å². The molecule has 2 aromatic heterocycles. The summed E-state index contributed by atoms with van der Waals surface area (Å²) in [6, 6.07) is 7.37. The second-order valence-electron chi connectivity index (χ2n) is 6.39. The number of thioether (sulfide) groups is 1. The Morgan fingerprint density at radius 2 is 2.00 bits per heavy atom. The Kier molecular flexibility index (Phi) is 6.60. The number of amides is 2. The first kappa shape index (κ1) is 20.9. The molecule has 3 aromatic rings. The van der Waals surface area contributed by atoms with Crippen LogP contribution in [0.25, 0.3) is 0 Å². The van der Waals surface area contributed by atoms with E-state index in [9.17, 15) is 9.59 Å². The van der Waals surface area contributed by atoms with E-state index in [1.165, 1.54) is 23.1 Å². The molecule has 0 saturated heterocycles. The van der Waals surface area contributed by atoms with Crippen LogP contribution >= 0.6 is 23.1 Å². The summed E-state index contributed by atoms with van der Waals surface area (Å²) >= 11 is 2.60. The number of hydrogen-bond acceptors (Lipinski definition) is 8. The molecule has 0 aliphatic rings. The van der Waals surface area contributed by atoms with Crippen LogP contribution in [0.4, 0.5) is 5.13 Å². The molecule has 152 valence electrons. The van der Waals surface area contributed by atoms with E-state index in [4.69, 9.17) is 0 Å². The number of nitrogens with one attached hydrogen (secondary N) is 2. The molecule has 0 aliphatic heterocycles. The summed E-state index contributed by atoms with van der Waals surface area (Å²) in [6.45, 7) is 5.78. The Hall–Kier alpha value is -2.79. The largest absolute Gasteiger partial charge is 0.345 e. The summed E-state index contributed by atoms with van der Waals surface area (Å²) in [7, 11) is 1.80. The van der Waals surface area contributed by atoms with Crippen molar-refractivity contribution in [3.63, 3.8) is 0 Å². The maximum atomic E-state index is 12.3. The minimum absolute atomic E-state index is 0.175.